The Hall–Kier alpha value is -1.28. The maximum absolute atomic E-state index is 6.76. The van der Waals surface area contributed by atoms with Gasteiger partial charge in [0.1, 0.15) is 4.88 Å². The van der Waals surface area contributed by atoms with Crippen LogP contribution in [0.1, 0.15) is 4.88 Å². The molecule has 0 radical (unpaired) electrons. The summed E-state index contributed by atoms with van der Waals surface area (Å²) in [6.07, 6.45) is 0. The van der Waals surface area contributed by atoms with Crippen LogP contribution in [0.15, 0.2) is 0 Å². The van der Waals surface area contributed by atoms with Crippen molar-refractivity contribution in [2.24, 2.45) is 0 Å². The molecular weight excluding hydrogens is 186 g/mol. The Morgan fingerprint density at radius 3 is 2.77 bits per heavy atom. The van der Waals surface area contributed by atoms with Gasteiger partial charge in [-0.15, -0.1) is 0 Å². The first-order chi connectivity index (χ1) is 6.19. The maximum atomic E-state index is 6.76. The molecule has 0 aliphatic rings. The number of anilines is 1. The quantitative estimate of drug-likeness (QED) is 0.690. The highest BCUT2D eigenvalue weighted by molar-refractivity contribution is 7.15. The minimum Gasteiger partial charge on any atom is -0.480 e. The molecule has 0 saturated carbocycles. The third-order valence-electron chi connectivity index (χ3n) is 1.45. The molecule has 0 atom stereocenters. The predicted octanol–water partition coefficient (Wildman–Crippen LogP) is 1.64. The number of rotatable bonds is 3. The number of ether oxygens (including phenoxy) is 1. The Morgan fingerprint density at radius 2 is 2.31 bits per heavy atom. The minimum absolute atomic E-state index is 0.342. The molecule has 13 heavy (non-hydrogen) atoms. The zero-order valence-corrected chi connectivity index (χ0v) is 8.68. The number of hydrogen-bond donors (Lipinski definition) is 0. The lowest BCUT2D eigenvalue weighted by atomic mass is 10.5. The molecule has 0 aromatic carbocycles. The number of methoxy groups -OCH3 is 1. The van der Waals surface area contributed by atoms with Crippen molar-refractivity contribution in [1.82, 2.24) is 4.98 Å². The summed E-state index contributed by atoms with van der Waals surface area (Å²) in [4.78, 5) is 10.3. The Labute approximate surface area is 81.6 Å². The van der Waals surface area contributed by atoms with Crippen LogP contribution >= 0.6 is 11.3 Å². The summed E-state index contributed by atoms with van der Waals surface area (Å²) in [7, 11) is 5.40. The third-order valence-corrected chi connectivity index (χ3v) is 2.64. The molecule has 1 heterocycles. The summed E-state index contributed by atoms with van der Waals surface area (Å²) in [5, 5.41) is 0.871. The second kappa shape index (κ2) is 4.10. The largest absolute Gasteiger partial charge is 0.480 e. The molecule has 1 aromatic heterocycles. The fraction of sp³-hybridized carbons (Fsp3) is 0.500. The number of hydrogen-bond acceptors (Lipinski definition) is 4. The fourth-order valence-electron chi connectivity index (χ4n) is 0.848. The molecular formula is C8H11N3OS. The van der Waals surface area contributed by atoms with Crippen LogP contribution in [0, 0.1) is 6.57 Å². The summed E-state index contributed by atoms with van der Waals surface area (Å²) in [5.74, 6) is 0.574. The summed E-state index contributed by atoms with van der Waals surface area (Å²) >= 11 is 1.49. The van der Waals surface area contributed by atoms with Crippen LogP contribution in [0.5, 0.6) is 5.88 Å². The van der Waals surface area contributed by atoms with Gasteiger partial charge in [-0.25, -0.2) is 6.57 Å². The van der Waals surface area contributed by atoms with E-state index >= 15 is 0 Å². The van der Waals surface area contributed by atoms with Gasteiger partial charge in [-0.2, -0.15) is 4.98 Å². The first kappa shape index (κ1) is 9.81. The molecule has 0 fully saturated rings. The van der Waals surface area contributed by atoms with Gasteiger partial charge in [-0.3, -0.25) is 0 Å². The van der Waals surface area contributed by atoms with E-state index in [0.29, 0.717) is 12.4 Å². The lowest BCUT2D eigenvalue weighted by Gasteiger charge is -2.04. The molecule has 0 amide bonds. The first-order valence-corrected chi connectivity index (χ1v) is 4.55. The van der Waals surface area contributed by atoms with E-state index in [1.165, 1.54) is 11.3 Å². The minimum atomic E-state index is 0.342. The number of thiazole rings is 1. The van der Waals surface area contributed by atoms with Crippen molar-refractivity contribution in [3.8, 4) is 5.88 Å². The van der Waals surface area contributed by atoms with Gasteiger partial charge in [0.15, 0.2) is 5.13 Å². The van der Waals surface area contributed by atoms with Crippen LogP contribution in [0.3, 0.4) is 0 Å². The van der Waals surface area contributed by atoms with Crippen molar-refractivity contribution in [2.45, 2.75) is 6.54 Å². The Balaban J connectivity index is 2.98. The summed E-state index contributed by atoms with van der Waals surface area (Å²) in [6.45, 7) is 7.11. The van der Waals surface area contributed by atoms with Gasteiger partial charge < -0.3 is 14.5 Å². The highest BCUT2D eigenvalue weighted by Gasteiger charge is 2.14. The van der Waals surface area contributed by atoms with Crippen LogP contribution in [0.25, 0.3) is 4.85 Å². The van der Waals surface area contributed by atoms with E-state index in [0.717, 1.165) is 10.0 Å². The van der Waals surface area contributed by atoms with E-state index in [2.05, 4.69) is 9.83 Å². The van der Waals surface area contributed by atoms with Crippen molar-refractivity contribution in [1.29, 1.82) is 0 Å². The van der Waals surface area contributed by atoms with Gasteiger partial charge in [0.25, 0.3) is 6.54 Å². The first-order valence-electron chi connectivity index (χ1n) is 3.73. The molecule has 0 N–H and O–H groups in total. The van der Waals surface area contributed by atoms with Gasteiger partial charge in [0, 0.05) is 14.1 Å². The molecule has 0 aliphatic carbocycles. The Bertz CT molecular complexity index is 327. The third kappa shape index (κ3) is 2.10. The number of aromatic nitrogens is 1. The maximum Gasteiger partial charge on any atom is 0.254 e. The second-order valence-corrected chi connectivity index (χ2v) is 3.70. The molecule has 0 bridgehead atoms. The van der Waals surface area contributed by atoms with Gasteiger partial charge in [-0.05, 0) is 0 Å². The van der Waals surface area contributed by atoms with E-state index in [-0.39, 0.29) is 0 Å². The zero-order valence-electron chi connectivity index (χ0n) is 7.87. The van der Waals surface area contributed by atoms with E-state index < -0.39 is 0 Å². The Kier molecular flexibility index (Phi) is 3.09. The van der Waals surface area contributed by atoms with E-state index in [4.69, 9.17) is 11.3 Å². The summed E-state index contributed by atoms with van der Waals surface area (Å²) in [6, 6.07) is 0. The normalized spacial score (nSPS) is 9.38. The SMILES string of the molecule is [C-]#[N+]Cc1sc(N(C)C)nc1OC. The van der Waals surface area contributed by atoms with Crippen molar-refractivity contribution in [2.75, 3.05) is 26.1 Å². The van der Waals surface area contributed by atoms with Gasteiger partial charge >= 0.3 is 0 Å². The molecule has 1 aromatic rings. The molecule has 0 spiro atoms. The van der Waals surface area contributed by atoms with Gasteiger partial charge in [-0.1, -0.05) is 11.3 Å². The molecule has 0 saturated heterocycles. The molecule has 0 aliphatic heterocycles. The van der Waals surface area contributed by atoms with Crippen LogP contribution in [0.2, 0.25) is 0 Å². The smallest absolute Gasteiger partial charge is 0.254 e. The second-order valence-electron chi connectivity index (χ2n) is 2.64. The molecule has 70 valence electrons. The van der Waals surface area contributed by atoms with Crippen LogP contribution in [-0.4, -0.2) is 26.2 Å². The standard InChI is InChI=1S/C8H11N3OS/c1-9-5-6-7(12-4)10-8(13-6)11(2)3/h5H2,2-4H3. The number of nitrogens with zero attached hydrogens (tertiary/aromatic N) is 3. The highest BCUT2D eigenvalue weighted by Crippen LogP contribution is 2.30. The molecule has 4 nitrogen and oxygen atoms in total. The van der Waals surface area contributed by atoms with Crippen LogP contribution in [-0.2, 0) is 6.54 Å². The molecule has 0 unspecified atom stereocenters. The van der Waals surface area contributed by atoms with Crippen molar-refractivity contribution in [3.05, 3.63) is 16.3 Å². The summed E-state index contributed by atoms with van der Waals surface area (Å²) < 4.78 is 5.06. The lowest BCUT2D eigenvalue weighted by molar-refractivity contribution is 0.397. The van der Waals surface area contributed by atoms with E-state index in [1.54, 1.807) is 7.11 Å². The fourth-order valence-corrected chi connectivity index (χ4v) is 1.73. The highest BCUT2D eigenvalue weighted by atomic mass is 32.1. The zero-order chi connectivity index (χ0) is 9.84. The topological polar surface area (TPSA) is 29.7 Å². The van der Waals surface area contributed by atoms with Gasteiger partial charge in [0.05, 0.1) is 7.11 Å². The van der Waals surface area contributed by atoms with Crippen LogP contribution in [0.4, 0.5) is 5.13 Å². The van der Waals surface area contributed by atoms with E-state index in [1.807, 2.05) is 19.0 Å². The molecule has 5 heteroatoms. The Morgan fingerprint density at radius 1 is 1.62 bits per heavy atom. The summed E-state index contributed by atoms with van der Waals surface area (Å²) in [5.41, 5.74) is 0. The average molecular weight is 197 g/mol. The van der Waals surface area contributed by atoms with Crippen molar-refractivity contribution >= 4 is 16.5 Å². The monoisotopic (exact) mass is 197 g/mol. The molecule has 1 rings (SSSR count). The van der Waals surface area contributed by atoms with Crippen molar-refractivity contribution < 1.29 is 4.74 Å². The average Bonchev–Trinajstić information content (AvgIpc) is 2.48. The van der Waals surface area contributed by atoms with E-state index in [9.17, 15) is 0 Å². The van der Waals surface area contributed by atoms with Gasteiger partial charge in [0.2, 0.25) is 5.88 Å². The van der Waals surface area contributed by atoms with Crippen molar-refractivity contribution in [3.63, 3.8) is 0 Å². The lowest BCUT2D eigenvalue weighted by Crippen LogP contribution is -2.07. The van der Waals surface area contributed by atoms with Crippen LogP contribution < -0.4 is 9.64 Å². The predicted molar refractivity (Wildman–Crippen MR) is 53.3 cm³/mol.